The van der Waals surface area contributed by atoms with E-state index in [2.05, 4.69) is 0 Å². The molecule has 0 spiro atoms. The van der Waals surface area contributed by atoms with E-state index < -0.39 is 4.92 Å². The lowest BCUT2D eigenvalue weighted by atomic mass is 10.0. The topological polar surface area (TPSA) is 60.2 Å². The minimum absolute atomic E-state index is 0.00491. The van der Waals surface area contributed by atoms with Gasteiger partial charge in [-0.15, -0.1) is 0 Å². The maximum Gasteiger partial charge on any atom is 0.270 e. The van der Waals surface area contributed by atoms with Crippen molar-refractivity contribution in [2.75, 3.05) is 0 Å². The first kappa shape index (κ1) is 14.7. The van der Waals surface area contributed by atoms with E-state index in [1.165, 1.54) is 18.2 Å². The van der Waals surface area contributed by atoms with Gasteiger partial charge in [0.15, 0.2) is 5.78 Å². The molecule has 3 aromatic rings. The van der Waals surface area contributed by atoms with E-state index in [0.29, 0.717) is 11.1 Å². The lowest BCUT2D eigenvalue weighted by molar-refractivity contribution is -0.384. The standard InChI is InChI=1S/C19H13NO3/c21-19(11-8-14-4-3-7-18(12-14)20(22)23)17-10-9-15-5-1-2-6-16(15)13-17/h1-13H. The van der Waals surface area contributed by atoms with Gasteiger partial charge >= 0.3 is 0 Å². The molecule has 0 saturated carbocycles. The number of carbonyl (C=O) groups is 1. The summed E-state index contributed by atoms with van der Waals surface area (Å²) in [6, 6.07) is 19.5. The number of non-ortho nitro benzene ring substituents is 1. The van der Waals surface area contributed by atoms with Crippen LogP contribution >= 0.6 is 0 Å². The van der Waals surface area contributed by atoms with Gasteiger partial charge in [0.1, 0.15) is 0 Å². The molecule has 0 unspecified atom stereocenters. The fourth-order valence-corrected chi connectivity index (χ4v) is 2.35. The molecule has 0 N–H and O–H groups in total. The molecule has 0 aliphatic carbocycles. The molecule has 112 valence electrons. The fourth-order valence-electron chi connectivity index (χ4n) is 2.35. The quantitative estimate of drug-likeness (QED) is 0.305. The molecule has 0 radical (unpaired) electrons. The number of ketones is 1. The number of nitro groups is 1. The van der Waals surface area contributed by atoms with Crippen molar-refractivity contribution in [1.29, 1.82) is 0 Å². The predicted octanol–water partition coefficient (Wildman–Crippen LogP) is 4.64. The van der Waals surface area contributed by atoms with E-state index in [9.17, 15) is 14.9 Å². The van der Waals surface area contributed by atoms with Crippen molar-refractivity contribution in [2.24, 2.45) is 0 Å². The number of allylic oxidation sites excluding steroid dienone is 1. The van der Waals surface area contributed by atoms with E-state index in [1.54, 1.807) is 24.3 Å². The molecule has 0 amide bonds. The number of benzene rings is 3. The summed E-state index contributed by atoms with van der Waals surface area (Å²) >= 11 is 0. The average Bonchev–Trinajstić information content (AvgIpc) is 2.59. The van der Waals surface area contributed by atoms with Gasteiger partial charge in [-0.3, -0.25) is 14.9 Å². The Hall–Kier alpha value is -3.27. The van der Waals surface area contributed by atoms with Crippen LogP contribution in [0.5, 0.6) is 0 Å². The van der Waals surface area contributed by atoms with Crippen molar-refractivity contribution in [1.82, 2.24) is 0 Å². The van der Waals surface area contributed by atoms with Gasteiger partial charge in [-0.25, -0.2) is 0 Å². The Morgan fingerprint density at radius 2 is 1.70 bits per heavy atom. The molecular weight excluding hydrogens is 290 g/mol. The average molecular weight is 303 g/mol. The highest BCUT2D eigenvalue weighted by molar-refractivity contribution is 6.08. The van der Waals surface area contributed by atoms with Gasteiger partial charge in [-0.05, 0) is 28.5 Å². The first-order valence-electron chi connectivity index (χ1n) is 7.09. The summed E-state index contributed by atoms with van der Waals surface area (Å²) < 4.78 is 0. The maximum absolute atomic E-state index is 12.3. The van der Waals surface area contributed by atoms with E-state index in [4.69, 9.17) is 0 Å². The first-order chi connectivity index (χ1) is 11.1. The van der Waals surface area contributed by atoms with Crippen molar-refractivity contribution in [2.45, 2.75) is 0 Å². The molecule has 0 heterocycles. The van der Waals surface area contributed by atoms with Gasteiger partial charge in [-0.2, -0.15) is 0 Å². The number of hydrogen-bond donors (Lipinski definition) is 0. The molecule has 0 saturated heterocycles. The second-order valence-electron chi connectivity index (χ2n) is 5.11. The Balaban J connectivity index is 1.85. The summed E-state index contributed by atoms with van der Waals surface area (Å²) in [5, 5.41) is 12.8. The highest BCUT2D eigenvalue weighted by Gasteiger charge is 2.05. The highest BCUT2D eigenvalue weighted by atomic mass is 16.6. The summed E-state index contributed by atoms with van der Waals surface area (Å²) in [5.74, 6) is -0.137. The number of carbonyl (C=O) groups excluding carboxylic acids is 1. The van der Waals surface area contributed by atoms with Crippen LogP contribution in [0.3, 0.4) is 0 Å². The number of rotatable bonds is 4. The van der Waals surface area contributed by atoms with Crippen molar-refractivity contribution < 1.29 is 9.72 Å². The number of fused-ring (bicyclic) bond motifs is 1. The molecule has 0 bridgehead atoms. The van der Waals surface area contributed by atoms with Gasteiger partial charge in [0.05, 0.1) is 4.92 Å². The Morgan fingerprint density at radius 1 is 0.913 bits per heavy atom. The molecule has 0 atom stereocenters. The minimum Gasteiger partial charge on any atom is -0.289 e. The number of nitrogens with zero attached hydrogens (tertiary/aromatic N) is 1. The van der Waals surface area contributed by atoms with Crippen LogP contribution in [0.1, 0.15) is 15.9 Å². The minimum atomic E-state index is -0.456. The monoisotopic (exact) mass is 303 g/mol. The van der Waals surface area contributed by atoms with Gasteiger partial charge in [0, 0.05) is 17.7 Å². The van der Waals surface area contributed by atoms with Crippen LogP contribution in [0.2, 0.25) is 0 Å². The molecule has 0 aliphatic heterocycles. The fraction of sp³-hybridized carbons (Fsp3) is 0. The normalized spacial score (nSPS) is 11.0. The summed E-state index contributed by atoms with van der Waals surface area (Å²) in [4.78, 5) is 22.6. The zero-order chi connectivity index (χ0) is 16.2. The van der Waals surface area contributed by atoms with Gasteiger partial charge in [0.2, 0.25) is 0 Å². The van der Waals surface area contributed by atoms with Crippen LogP contribution in [-0.2, 0) is 0 Å². The van der Waals surface area contributed by atoms with Crippen molar-refractivity contribution in [3.05, 3.63) is 94.0 Å². The predicted molar refractivity (Wildman–Crippen MR) is 90.4 cm³/mol. The Bertz CT molecular complexity index is 929. The summed E-state index contributed by atoms with van der Waals surface area (Å²) in [6.07, 6.45) is 3.02. The van der Waals surface area contributed by atoms with Crippen LogP contribution in [-0.4, -0.2) is 10.7 Å². The Labute approximate surface area is 132 Å². The number of hydrogen-bond acceptors (Lipinski definition) is 3. The highest BCUT2D eigenvalue weighted by Crippen LogP contribution is 2.17. The molecular formula is C19H13NO3. The second kappa shape index (κ2) is 6.23. The van der Waals surface area contributed by atoms with Crippen LogP contribution in [0.25, 0.3) is 16.8 Å². The van der Waals surface area contributed by atoms with Gasteiger partial charge in [0.25, 0.3) is 5.69 Å². The molecule has 0 aromatic heterocycles. The van der Waals surface area contributed by atoms with Crippen LogP contribution in [0, 0.1) is 10.1 Å². The lowest BCUT2D eigenvalue weighted by Crippen LogP contribution is -1.94. The SMILES string of the molecule is O=C(C=Cc1cccc([N+](=O)[O-])c1)c1ccc2ccccc2c1. The Morgan fingerprint density at radius 3 is 2.48 bits per heavy atom. The third-order valence-electron chi connectivity index (χ3n) is 3.54. The summed E-state index contributed by atoms with van der Waals surface area (Å²) in [6.45, 7) is 0. The van der Waals surface area contributed by atoms with Crippen molar-refractivity contribution >= 4 is 28.3 Å². The summed E-state index contributed by atoms with van der Waals surface area (Å²) in [5.41, 5.74) is 1.21. The third kappa shape index (κ3) is 3.32. The Kier molecular flexibility index (Phi) is 3.97. The molecule has 23 heavy (non-hydrogen) atoms. The maximum atomic E-state index is 12.3. The largest absolute Gasteiger partial charge is 0.289 e. The molecule has 0 fully saturated rings. The van der Waals surface area contributed by atoms with Gasteiger partial charge in [-0.1, -0.05) is 54.6 Å². The smallest absolute Gasteiger partial charge is 0.270 e. The van der Waals surface area contributed by atoms with Crippen LogP contribution in [0.4, 0.5) is 5.69 Å². The molecule has 4 nitrogen and oxygen atoms in total. The second-order valence-corrected chi connectivity index (χ2v) is 5.11. The van der Waals surface area contributed by atoms with E-state index in [-0.39, 0.29) is 11.5 Å². The van der Waals surface area contributed by atoms with Gasteiger partial charge < -0.3 is 0 Å². The van der Waals surface area contributed by atoms with E-state index >= 15 is 0 Å². The van der Waals surface area contributed by atoms with Crippen LogP contribution < -0.4 is 0 Å². The zero-order valence-electron chi connectivity index (χ0n) is 12.2. The third-order valence-corrected chi connectivity index (χ3v) is 3.54. The molecule has 3 rings (SSSR count). The number of nitro benzene ring substituents is 1. The van der Waals surface area contributed by atoms with E-state index in [1.807, 2.05) is 36.4 Å². The molecule has 4 heteroatoms. The molecule has 3 aromatic carbocycles. The van der Waals surface area contributed by atoms with E-state index in [0.717, 1.165) is 10.8 Å². The zero-order valence-corrected chi connectivity index (χ0v) is 12.2. The van der Waals surface area contributed by atoms with Crippen molar-refractivity contribution in [3.63, 3.8) is 0 Å². The summed E-state index contributed by atoms with van der Waals surface area (Å²) in [7, 11) is 0. The van der Waals surface area contributed by atoms with Crippen molar-refractivity contribution in [3.8, 4) is 0 Å². The molecule has 0 aliphatic rings. The first-order valence-corrected chi connectivity index (χ1v) is 7.09. The lowest BCUT2D eigenvalue weighted by Gasteiger charge is -2.00. The van der Waals surface area contributed by atoms with Crippen LogP contribution in [0.15, 0.2) is 72.8 Å².